The molecule has 1 heterocycles. The third-order valence-electron chi connectivity index (χ3n) is 4.83. The second kappa shape index (κ2) is 5.95. The number of hydrogen-bond donors (Lipinski definition) is 0. The maximum Gasteiger partial charge on any atom is 0.185 e. The number of hydrogen-bond acceptors (Lipinski definition) is 3. The maximum absolute atomic E-state index is 4.73. The Morgan fingerprint density at radius 3 is 2.22 bits per heavy atom. The molecule has 1 aromatic heterocycles. The van der Waals surface area contributed by atoms with Gasteiger partial charge in [0.25, 0.3) is 0 Å². The molecule has 0 aliphatic heterocycles. The number of nitrogens with zero attached hydrogens (tertiary/aromatic N) is 4. The van der Waals surface area contributed by atoms with Gasteiger partial charge in [-0.3, -0.25) is 0 Å². The molecule has 2 aromatic carbocycles. The van der Waals surface area contributed by atoms with Crippen LogP contribution in [0.3, 0.4) is 0 Å². The predicted molar refractivity (Wildman–Crippen MR) is 89.1 cm³/mol. The van der Waals surface area contributed by atoms with Crippen molar-refractivity contribution in [2.45, 2.75) is 37.6 Å². The highest BCUT2D eigenvalue weighted by Gasteiger charge is 2.41. The number of rotatable bonds is 4. The first-order valence-electron chi connectivity index (χ1n) is 8.25. The van der Waals surface area contributed by atoms with Crippen molar-refractivity contribution in [1.29, 1.82) is 0 Å². The minimum atomic E-state index is -0.0593. The van der Waals surface area contributed by atoms with Crippen molar-refractivity contribution >= 4 is 0 Å². The summed E-state index contributed by atoms with van der Waals surface area (Å²) in [4.78, 5) is 1.72. The van der Waals surface area contributed by atoms with E-state index in [0.717, 1.165) is 18.7 Å². The van der Waals surface area contributed by atoms with Gasteiger partial charge in [-0.25, -0.2) is 0 Å². The first kappa shape index (κ1) is 14.1. The minimum absolute atomic E-state index is 0.0593. The van der Waals surface area contributed by atoms with Gasteiger partial charge in [-0.2, -0.15) is 4.80 Å². The van der Waals surface area contributed by atoms with Gasteiger partial charge in [-0.1, -0.05) is 73.5 Å². The van der Waals surface area contributed by atoms with Crippen molar-refractivity contribution in [1.82, 2.24) is 20.2 Å². The van der Waals surface area contributed by atoms with Crippen molar-refractivity contribution in [2.24, 2.45) is 0 Å². The number of tetrazole rings is 1. The van der Waals surface area contributed by atoms with Crippen molar-refractivity contribution < 1.29 is 0 Å². The number of aromatic nitrogens is 4. The Hall–Kier alpha value is -2.49. The fraction of sp³-hybridized carbons (Fsp3) is 0.316. The fourth-order valence-electron chi connectivity index (χ4n) is 3.63. The molecule has 0 amide bonds. The molecule has 1 saturated carbocycles. The minimum Gasteiger partial charge on any atom is -0.160 e. The lowest BCUT2D eigenvalue weighted by Crippen LogP contribution is -2.25. The smallest absolute Gasteiger partial charge is 0.160 e. The third-order valence-corrected chi connectivity index (χ3v) is 4.83. The van der Waals surface area contributed by atoms with E-state index in [9.17, 15) is 0 Å². The van der Waals surface area contributed by atoms with Crippen LogP contribution in [-0.2, 0) is 12.0 Å². The Morgan fingerprint density at radius 2 is 1.52 bits per heavy atom. The van der Waals surface area contributed by atoms with E-state index in [4.69, 9.17) is 5.10 Å². The summed E-state index contributed by atoms with van der Waals surface area (Å²) in [6.45, 7) is 0.665. The molecule has 0 radical (unpaired) electrons. The summed E-state index contributed by atoms with van der Waals surface area (Å²) in [7, 11) is 0. The van der Waals surface area contributed by atoms with Crippen molar-refractivity contribution in [3.63, 3.8) is 0 Å². The molecule has 4 nitrogen and oxygen atoms in total. The van der Waals surface area contributed by atoms with Crippen LogP contribution in [0.2, 0.25) is 0 Å². The standard InChI is InChI=1S/C19H20N4/c1-3-9-16(10-4-1)15-23-21-18(20-22-23)19(13-7-8-14-19)17-11-5-2-6-12-17/h1-6,9-12H,7-8,13-15H2. The molecule has 0 atom stereocenters. The van der Waals surface area contributed by atoms with Crippen LogP contribution in [0.1, 0.15) is 42.6 Å². The highest BCUT2D eigenvalue weighted by atomic mass is 15.6. The lowest BCUT2D eigenvalue weighted by molar-refractivity contribution is 0.491. The van der Waals surface area contributed by atoms with E-state index < -0.39 is 0 Å². The highest BCUT2D eigenvalue weighted by molar-refractivity contribution is 5.33. The van der Waals surface area contributed by atoms with E-state index in [1.165, 1.54) is 24.0 Å². The average Bonchev–Trinajstić information content (AvgIpc) is 3.27. The summed E-state index contributed by atoms with van der Waals surface area (Å²) in [5.74, 6) is 0.872. The zero-order valence-electron chi connectivity index (χ0n) is 13.1. The van der Waals surface area contributed by atoms with Crippen LogP contribution in [0.15, 0.2) is 60.7 Å². The van der Waals surface area contributed by atoms with Gasteiger partial charge < -0.3 is 0 Å². The summed E-state index contributed by atoms with van der Waals surface area (Å²) in [6, 6.07) is 20.9. The van der Waals surface area contributed by atoms with Gasteiger partial charge >= 0.3 is 0 Å². The summed E-state index contributed by atoms with van der Waals surface area (Å²) >= 11 is 0. The van der Waals surface area contributed by atoms with Gasteiger partial charge in [-0.15, -0.1) is 10.2 Å². The SMILES string of the molecule is c1ccc(Cn2nnc(C3(c4ccccc4)CCCC3)n2)cc1. The van der Waals surface area contributed by atoms with Gasteiger partial charge in [0.05, 0.1) is 12.0 Å². The molecule has 3 aromatic rings. The Bertz CT molecular complexity index is 758. The molecule has 0 unspecified atom stereocenters. The molecule has 116 valence electrons. The Balaban J connectivity index is 1.66. The molecular weight excluding hydrogens is 284 g/mol. The molecule has 1 aliphatic rings. The first-order chi connectivity index (χ1) is 11.4. The molecule has 0 N–H and O–H groups in total. The molecule has 23 heavy (non-hydrogen) atoms. The third kappa shape index (κ3) is 2.65. The maximum atomic E-state index is 4.73. The highest BCUT2D eigenvalue weighted by Crippen LogP contribution is 2.44. The van der Waals surface area contributed by atoms with E-state index in [1.54, 1.807) is 4.80 Å². The van der Waals surface area contributed by atoms with E-state index in [0.29, 0.717) is 6.54 Å². The zero-order chi connectivity index (χ0) is 15.5. The Morgan fingerprint density at radius 1 is 0.870 bits per heavy atom. The molecule has 0 bridgehead atoms. The predicted octanol–water partition coefficient (Wildman–Crippen LogP) is 3.58. The van der Waals surface area contributed by atoms with E-state index in [-0.39, 0.29) is 5.41 Å². The summed E-state index contributed by atoms with van der Waals surface area (Å²) in [5.41, 5.74) is 2.45. The lowest BCUT2D eigenvalue weighted by Gasteiger charge is -2.25. The Kier molecular flexibility index (Phi) is 3.66. The van der Waals surface area contributed by atoms with Gasteiger partial charge in [-0.05, 0) is 29.2 Å². The van der Waals surface area contributed by atoms with Gasteiger partial charge in [0, 0.05) is 0 Å². The van der Waals surface area contributed by atoms with Gasteiger partial charge in [0.2, 0.25) is 0 Å². The zero-order valence-corrected chi connectivity index (χ0v) is 13.1. The Labute approximate surface area is 136 Å². The van der Waals surface area contributed by atoms with Crippen LogP contribution >= 0.6 is 0 Å². The molecule has 1 fully saturated rings. The van der Waals surface area contributed by atoms with Crippen LogP contribution in [0, 0.1) is 0 Å². The van der Waals surface area contributed by atoms with Crippen LogP contribution in [0.25, 0.3) is 0 Å². The van der Waals surface area contributed by atoms with Crippen molar-refractivity contribution in [3.8, 4) is 0 Å². The second-order valence-corrected chi connectivity index (χ2v) is 6.28. The molecule has 4 heteroatoms. The summed E-state index contributed by atoms with van der Waals surface area (Å²) in [6.07, 6.45) is 4.66. The summed E-state index contributed by atoms with van der Waals surface area (Å²) in [5, 5.41) is 13.5. The van der Waals surface area contributed by atoms with Crippen molar-refractivity contribution in [2.75, 3.05) is 0 Å². The molecular formula is C19H20N4. The lowest BCUT2D eigenvalue weighted by atomic mass is 9.78. The largest absolute Gasteiger partial charge is 0.185 e. The van der Waals surface area contributed by atoms with Gasteiger partial charge in [0.1, 0.15) is 0 Å². The van der Waals surface area contributed by atoms with E-state index in [2.05, 4.69) is 52.8 Å². The normalized spacial score (nSPS) is 16.5. The average molecular weight is 304 g/mol. The van der Waals surface area contributed by atoms with Crippen LogP contribution in [-0.4, -0.2) is 20.2 Å². The van der Waals surface area contributed by atoms with Crippen LogP contribution in [0.4, 0.5) is 0 Å². The second-order valence-electron chi connectivity index (χ2n) is 6.28. The molecule has 0 saturated heterocycles. The van der Waals surface area contributed by atoms with Crippen LogP contribution < -0.4 is 0 Å². The quantitative estimate of drug-likeness (QED) is 0.740. The molecule has 1 aliphatic carbocycles. The van der Waals surface area contributed by atoms with E-state index >= 15 is 0 Å². The molecule has 0 spiro atoms. The van der Waals surface area contributed by atoms with E-state index in [1.807, 2.05) is 18.2 Å². The topological polar surface area (TPSA) is 43.6 Å². The fourth-order valence-corrected chi connectivity index (χ4v) is 3.63. The first-order valence-corrected chi connectivity index (χ1v) is 8.25. The summed E-state index contributed by atoms with van der Waals surface area (Å²) < 4.78 is 0. The molecule has 4 rings (SSSR count). The number of benzene rings is 2. The van der Waals surface area contributed by atoms with Gasteiger partial charge in [0.15, 0.2) is 5.82 Å². The monoisotopic (exact) mass is 304 g/mol. The van der Waals surface area contributed by atoms with Crippen LogP contribution in [0.5, 0.6) is 0 Å². The van der Waals surface area contributed by atoms with Crippen molar-refractivity contribution in [3.05, 3.63) is 77.6 Å².